The first-order valence-corrected chi connectivity index (χ1v) is 9.82. The summed E-state index contributed by atoms with van der Waals surface area (Å²) in [5.41, 5.74) is 3.52. The van der Waals surface area contributed by atoms with Crippen LogP contribution in [0, 0.1) is 0 Å². The third-order valence-corrected chi connectivity index (χ3v) is 6.50. The van der Waals surface area contributed by atoms with Crippen LogP contribution in [0.3, 0.4) is 0 Å². The Morgan fingerprint density at radius 2 is 2.00 bits per heavy atom. The van der Waals surface area contributed by atoms with Crippen molar-refractivity contribution in [1.29, 1.82) is 0 Å². The van der Waals surface area contributed by atoms with Gasteiger partial charge in [-0.2, -0.15) is 0 Å². The molecule has 1 aliphatic rings. The molecule has 0 saturated carbocycles. The Bertz CT molecular complexity index is 918. The number of hydrogen-bond acceptors (Lipinski definition) is 4. The maximum absolute atomic E-state index is 12.9. The van der Waals surface area contributed by atoms with Crippen molar-refractivity contribution >= 4 is 33.1 Å². The van der Waals surface area contributed by atoms with Gasteiger partial charge in [0, 0.05) is 18.8 Å². The van der Waals surface area contributed by atoms with Crippen LogP contribution in [0.5, 0.6) is 0 Å². The molecule has 0 spiro atoms. The standard InChI is InChI=1S/C21H23N3OS/c1-14-12-16-8-4-6-10-18(16)24(14)13-20(25)23(3)15(2)21-22-17-9-5-7-11-19(17)26-21/h4-11,14-15H,12-13H2,1-3H3/t14-,15+/m1/s1. The molecule has 2 heterocycles. The molecule has 26 heavy (non-hydrogen) atoms. The van der Waals surface area contributed by atoms with E-state index in [1.54, 1.807) is 11.3 Å². The summed E-state index contributed by atoms with van der Waals surface area (Å²) in [6, 6.07) is 16.8. The van der Waals surface area contributed by atoms with Crippen molar-refractivity contribution in [3.05, 3.63) is 59.1 Å². The van der Waals surface area contributed by atoms with Gasteiger partial charge in [-0.3, -0.25) is 4.79 Å². The molecular weight excluding hydrogens is 342 g/mol. The molecule has 4 nitrogen and oxygen atoms in total. The number of aromatic nitrogens is 1. The van der Waals surface area contributed by atoms with E-state index in [-0.39, 0.29) is 11.9 Å². The van der Waals surface area contributed by atoms with Gasteiger partial charge in [-0.15, -0.1) is 11.3 Å². The highest BCUT2D eigenvalue weighted by molar-refractivity contribution is 7.18. The Morgan fingerprint density at radius 3 is 2.81 bits per heavy atom. The highest BCUT2D eigenvalue weighted by atomic mass is 32.1. The van der Waals surface area contributed by atoms with Gasteiger partial charge in [-0.25, -0.2) is 4.98 Å². The Morgan fingerprint density at radius 1 is 1.27 bits per heavy atom. The minimum atomic E-state index is -0.0342. The smallest absolute Gasteiger partial charge is 0.242 e. The topological polar surface area (TPSA) is 36.4 Å². The van der Waals surface area contributed by atoms with Crippen LogP contribution in [0.1, 0.15) is 30.5 Å². The van der Waals surface area contributed by atoms with E-state index in [0.29, 0.717) is 12.6 Å². The van der Waals surface area contributed by atoms with Crippen LogP contribution >= 0.6 is 11.3 Å². The average Bonchev–Trinajstić information content (AvgIpc) is 3.22. The Hall–Kier alpha value is -2.40. The van der Waals surface area contributed by atoms with E-state index in [1.807, 2.05) is 36.2 Å². The molecule has 0 N–H and O–H groups in total. The molecule has 0 unspecified atom stereocenters. The first kappa shape index (κ1) is 17.0. The van der Waals surface area contributed by atoms with E-state index in [0.717, 1.165) is 21.6 Å². The molecule has 0 saturated heterocycles. The molecular formula is C21H23N3OS. The Labute approximate surface area is 158 Å². The van der Waals surface area contributed by atoms with Crippen LogP contribution in [0.4, 0.5) is 5.69 Å². The number of benzene rings is 2. The lowest BCUT2D eigenvalue weighted by molar-refractivity contribution is -0.130. The van der Waals surface area contributed by atoms with Gasteiger partial charge in [0.15, 0.2) is 0 Å². The number of para-hydroxylation sites is 2. The van der Waals surface area contributed by atoms with Gasteiger partial charge >= 0.3 is 0 Å². The number of thiazole rings is 1. The molecule has 2 atom stereocenters. The van der Waals surface area contributed by atoms with E-state index in [1.165, 1.54) is 11.3 Å². The number of likely N-dealkylation sites (N-methyl/N-ethyl adjacent to an activating group) is 1. The third kappa shape index (κ3) is 2.97. The quantitative estimate of drug-likeness (QED) is 0.693. The van der Waals surface area contributed by atoms with Crippen LogP contribution in [0.2, 0.25) is 0 Å². The van der Waals surface area contributed by atoms with E-state index >= 15 is 0 Å². The number of hydrogen-bond donors (Lipinski definition) is 0. The van der Waals surface area contributed by atoms with E-state index < -0.39 is 0 Å². The fourth-order valence-electron chi connectivity index (χ4n) is 3.58. The van der Waals surface area contributed by atoms with Crippen LogP contribution in [0.15, 0.2) is 48.5 Å². The molecule has 0 radical (unpaired) electrons. The molecule has 2 aromatic carbocycles. The molecule has 0 bridgehead atoms. The van der Waals surface area contributed by atoms with Crippen molar-refractivity contribution in [3.63, 3.8) is 0 Å². The summed E-state index contributed by atoms with van der Waals surface area (Å²) in [5, 5.41) is 0.983. The maximum atomic E-state index is 12.9. The summed E-state index contributed by atoms with van der Waals surface area (Å²) < 4.78 is 1.16. The van der Waals surface area contributed by atoms with Gasteiger partial charge < -0.3 is 9.80 Å². The fraction of sp³-hybridized carbons (Fsp3) is 0.333. The van der Waals surface area contributed by atoms with Crippen molar-refractivity contribution in [1.82, 2.24) is 9.88 Å². The molecule has 1 aromatic heterocycles. The van der Waals surface area contributed by atoms with E-state index in [4.69, 9.17) is 4.98 Å². The first-order valence-electron chi connectivity index (χ1n) is 9.00. The summed E-state index contributed by atoms with van der Waals surface area (Å²) >= 11 is 1.66. The summed E-state index contributed by atoms with van der Waals surface area (Å²) in [5.74, 6) is 0.125. The molecule has 134 valence electrons. The first-order chi connectivity index (χ1) is 12.5. The van der Waals surface area contributed by atoms with Gasteiger partial charge in [0.05, 0.1) is 22.8 Å². The van der Waals surface area contributed by atoms with Crippen molar-refractivity contribution in [2.24, 2.45) is 0 Å². The largest absolute Gasteiger partial charge is 0.359 e. The van der Waals surface area contributed by atoms with Crippen molar-refractivity contribution in [3.8, 4) is 0 Å². The second kappa shape index (κ2) is 6.72. The summed E-state index contributed by atoms with van der Waals surface area (Å²) in [4.78, 5) is 21.7. The zero-order valence-corrected chi connectivity index (χ0v) is 16.2. The van der Waals surface area contributed by atoms with E-state index in [9.17, 15) is 4.79 Å². The minimum absolute atomic E-state index is 0.0342. The van der Waals surface area contributed by atoms with Crippen LogP contribution in [-0.2, 0) is 11.2 Å². The second-order valence-corrected chi connectivity index (χ2v) is 8.07. The van der Waals surface area contributed by atoms with Crippen molar-refractivity contribution in [2.75, 3.05) is 18.5 Å². The Balaban J connectivity index is 1.51. The molecule has 5 heteroatoms. The number of nitrogens with zero attached hydrogens (tertiary/aromatic N) is 3. The molecule has 3 aromatic rings. The lowest BCUT2D eigenvalue weighted by atomic mass is 10.1. The van der Waals surface area contributed by atoms with Crippen LogP contribution in [0.25, 0.3) is 10.2 Å². The summed E-state index contributed by atoms with van der Waals surface area (Å²) in [7, 11) is 1.88. The lowest BCUT2D eigenvalue weighted by Crippen LogP contribution is -2.41. The zero-order chi connectivity index (χ0) is 18.3. The average molecular weight is 366 g/mol. The molecule has 1 amide bonds. The van der Waals surface area contributed by atoms with E-state index in [2.05, 4.69) is 43.0 Å². The number of carbonyl (C=O) groups excluding carboxylic acids is 1. The monoisotopic (exact) mass is 365 g/mol. The van der Waals surface area contributed by atoms with Crippen molar-refractivity contribution in [2.45, 2.75) is 32.4 Å². The molecule has 0 aliphatic carbocycles. The highest BCUT2D eigenvalue weighted by Gasteiger charge is 2.29. The number of fused-ring (bicyclic) bond motifs is 2. The summed E-state index contributed by atoms with van der Waals surface area (Å²) in [6.45, 7) is 4.64. The molecule has 4 rings (SSSR count). The van der Waals surface area contributed by atoms with Crippen LogP contribution in [-0.4, -0.2) is 35.4 Å². The van der Waals surface area contributed by atoms with Gasteiger partial charge in [0.2, 0.25) is 5.91 Å². The Kier molecular flexibility index (Phi) is 4.41. The summed E-state index contributed by atoms with van der Waals surface area (Å²) in [6.07, 6.45) is 1.00. The second-order valence-electron chi connectivity index (χ2n) is 7.01. The number of carbonyl (C=O) groups is 1. The predicted molar refractivity (Wildman–Crippen MR) is 108 cm³/mol. The van der Waals surface area contributed by atoms with Gasteiger partial charge in [-0.05, 0) is 44.0 Å². The maximum Gasteiger partial charge on any atom is 0.242 e. The minimum Gasteiger partial charge on any atom is -0.359 e. The van der Waals surface area contributed by atoms with Gasteiger partial charge in [0.25, 0.3) is 0 Å². The zero-order valence-electron chi connectivity index (χ0n) is 15.3. The number of rotatable bonds is 4. The van der Waals surface area contributed by atoms with Gasteiger partial charge in [-0.1, -0.05) is 30.3 Å². The molecule has 1 aliphatic heterocycles. The fourth-order valence-corrected chi connectivity index (χ4v) is 4.64. The van der Waals surface area contributed by atoms with Crippen LogP contribution < -0.4 is 4.90 Å². The molecule has 0 fully saturated rings. The normalized spacial score (nSPS) is 17.3. The highest BCUT2D eigenvalue weighted by Crippen LogP contribution is 2.32. The third-order valence-electron chi connectivity index (χ3n) is 5.30. The lowest BCUT2D eigenvalue weighted by Gasteiger charge is -2.29. The number of amides is 1. The predicted octanol–water partition coefficient (Wildman–Crippen LogP) is 4.27. The van der Waals surface area contributed by atoms with Gasteiger partial charge in [0.1, 0.15) is 5.01 Å². The van der Waals surface area contributed by atoms with Crippen molar-refractivity contribution < 1.29 is 4.79 Å². The SMILES string of the molecule is C[C@@H]1Cc2ccccc2N1CC(=O)N(C)[C@@H](C)c1nc2ccccc2s1. The number of anilines is 1.